The van der Waals surface area contributed by atoms with Gasteiger partial charge in [-0.15, -0.1) is 0 Å². The number of carbonyl (C=O) groups excluding carboxylic acids is 2. The SMILES string of the molecule is CC/C=C/C/C=C/CCCCCCCC(CC(=O)NC(CO)C(O)CCCCCCCCCCCCCCCCCCC)OC(=O)CCCCCCCCCCCCCCC. The van der Waals surface area contributed by atoms with Gasteiger partial charge in [-0.05, 0) is 51.4 Å². The Kier molecular flexibility index (Phi) is 48.0. The van der Waals surface area contributed by atoms with Gasteiger partial charge in [0.25, 0.3) is 0 Å². The first-order valence-electron chi connectivity index (χ1n) is 27.1. The number of hydrogen-bond donors (Lipinski definition) is 3. The molecule has 0 radical (unpaired) electrons. The van der Waals surface area contributed by atoms with Gasteiger partial charge < -0.3 is 20.3 Å². The molecule has 3 unspecified atom stereocenters. The minimum Gasteiger partial charge on any atom is -0.462 e. The van der Waals surface area contributed by atoms with E-state index in [-0.39, 0.29) is 24.9 Å². The van der Waals surface area contributed by atoms with Crippen LogP contribution in [-0.2, 0) is 14.3 Å². The summed E-state index contributed by atoms with van der Waals surface area (Å²) < 4.78 is 5.93. The predicted molar refractivity (Wildman–Crippen MR) is 264 cm³/mol. The normalized spacial score (nSPS) is 13.3. The average Bonchev–Trinajstić information content (AvgIpc) is 3.25. The van der Waals surface area contributed by atoms with Crippen molar-refractivity contribution in [1.29, 1.82) is 0 Å². The highest BCUT2D eigenvalue weighted by molar-refractivity contribution is 5.77. The Morgan fingerprint density at radius 1 is 0.492 bits per heavy atom. The van der Waals surface area contributed by atoms with Gasteiger partial charge in [-0.1, -0.05) is 251 Å². The van der Waals surface area contributed by atoms with Crippen molar-refractivity contribution in [1.82, 2.24) is 5.32 Å². The Morgan fingerprint density at radius 2 is 0.885 bits per heavy atom. The molecule has 61 heavy (non-hydrogen) atoms. The van der Waals surface area contributed by atoms with E-state index >= 15 is 0 Å². The summed E-state index contributed by atoms with van der Waals surface area (Å²) >= 11 is 0. The lowest BCUT2D eigenvalue weighted by Crippen LogP contribution is -2.46. The zero-order chi connectivity index (χ0) is 44.5. The minimum atomic E-state index is -0.788. The van der Waals surface area contributed by atoms with E-state index < -0.39 is 18.2 Å². The molecule has 0 aromatic carbocycles. The first-order valence-corrected chi connectivity index (χ1v) is 27.1. The van der Waals surface area contributed by atoms with Crippen molar-refractivity contribution in [2.75, 3.05) is 6.61 Å². The molecule has 3 atom stereocenters. The molecular weight excluding hydrogens is 755 g/mol. The molecule has 0 aliphatic heterocycles. The first-order chi connectivity index (χ1) is 30.0. The highest BCUT2D eigenvalue weighted by Gasteiger charge is 2.24. The van der Waals surface area contributed by atoms with Crippen LogP contribution in [-0.4, -0.2) is 46.9 Å². The van der Waals surface area contributed by atoms with E-state index in [2.05, 4.69) is 50.4 Å². The van der Waals surface area contributed by atoms with Crippen LogP contribution in [0, 0.1) is 0 Å². The molecule has 0 aliphatic rings. The lowest BCUT2D eigenvalue weighted by molar-refractivity contribution is -0.151. The summed E-state index contributed by atoms with van der Waals surface area (Å²) in [6, 6.07) is -0.701. The van der Waals surface area contributed by atoms with Gasteiger partial charge in [0, 0.05) is 6.42 Å². The molecule has 0 aliphatic carbocycles. The Bertz CT molecular complexity index is 966. The zero-order valence-corrected chi connectivity index (χ0v) is 41.1. The third kappa shape index (κ3) is 44.7. The van der Waals surface area contributed by atoms with Crippen molar-refractivity contribution in [2.24, 2.45) is 0 Å². The molecule has 6 heteroatoms. The Hall–Kier alpha value is -1.66. The van der Waals surface area contributed by atoms with E-state index in [0.717, 1.165) is 70.6 Å². The number of nitrogens with one attached hydrogen (secondary N) is 1. The van der Waals surface area contributed by atoms with Gasteiger partial charge in [-0.2, -0.15) is 0 Å². The third-order valence-electron chi connectivity index (χ3n) is 12.5. The smallest absolute Gasteiger partial charge is 0.306 e. The topological polar surface area (TPSA) is 95.9 Å². The largest absolute Gasteiger partial charge is 0.462 e. The fraction of sp³-hybridized carbons (Fsp3) is 0.891. The van der Waals surface area contributed by atoms with Gasteiger partial charge in [0.15, 0.2) is 0 Å². The number of esters is 1. The highest BCUT2D eigenvalue weighted by atomic mass is 16.5. The number of allylic oxidation sites excluding steroid dienone is 4. The van der Waals surface area contributed by atoms with Crippen LogP contribution in [0.15, 0.2) is 24.3 Å². The van der Waals surface area contributed by atoms with Gasteiger partial charge >= 0.3 is 5.97 Å². The van der Waals surface area contributed by atoms with Gasteiger partial charge in [-0.3, -0.25) is 9.59 Å². The molecule has 0 fully saturated rings. The molecule has 3 N–H and O–H groups in total. The summed E-state index contributed by atoms with van der Waals surface area (Å²) in [5.41, 5.74) is 0. The van der Waals surface area contributed by atoms with Crippen LogP contribution in [0.25, 0.3) is 0 Å². The monoisotopic (exact) mass is 860 g/mol. The third-order valence-corrected chi connectivity index (χ3v) is 12.5. The van der Waals surface area contributed by atoms with Crippen molar-refractivity contribution < 1.29 is 24.5 Å². The van der Waals surface area contributed by atoms with E-state index in [1.165, 1.54) is 173 Å². The fourth-order valence-corrected chi connectivity index (χ4v) is 8.47. The van der Waals surface area contributed by atoms with Crippen molar-refractivity contribution in [3.05, 3.63) is 24.3 Å². The lowest BCUT2D eigenvalue weighted by Gasteiger charge is -2.24. The fourth-order valence-electron chi connectivity index (χ4n) is 8.47. The molecule has 360 valence electrons. The van der Waals surface area contributed by atoms with E-state index in [9.17, 15) is 19.8 Å². The summed E-state index contributed by atoms with van der Waals surface area (Å²) in [6.45, 7) is 6.40. The van der Waals surface area contributed by atoms with E-state index in [1.807, 2.05) is 0 Å². The molecule has 1 amide bonds. The van der Waals surface area contributed by atoms with Crippen LogP contribution in [0.1, 0.15) is 290 Å². The van der Waals surface area contributed by atoms with E-state index in [4.69, 9.17) is 4.74 Å². The maximum Gasteiger partial charge on any atom is 0.306 e. The van der Waals surface area contributed by atoms with Crippen LogP contribution in [0.4, 0.5) is 0 Å². The summed E-state index contributed by atoms with van der Waals surface area (Å²) in [7, 11) is 0. The van der Waals surface area contributed by atoms with Crippen molar-refractivity contribution in [2.45, 2.75) is 309 Å². The number of amides is 1. The molecule has 0 aromatic rings. The summed E-state index contributed by atoms with van der Waals surface area (Å²) in [6.07, 6.45) is 56.7. The van der Waals surface area contributed by atoms with Gasteiger partial charge in [0.05, 0.1) is 25.2 Å². The lowest BCUT2D eigenvalue weighted by atomic mass is 10.0. The molecule has 0 rings (SSSR count). The van der Waals surface area contributed by atoms with Gasteiger partial charge in [0.1, 0.15) is 6.10 Å². The first kappa shape index (κ1) is 59.3. The van der Waals surface area contributed by atoms with E-state index in [1.54, 1.807) is 0 Å². The number of aliphatic hydroxyl groups excluding tert-OH is 2. The molecular formula is C55H105NO5. The van der Waals surface area contributed by atoms with Crippen molar-refractivity contribution >= 4 is 11.9 Å². The van der Waals surface area contributed by atoms with Gasteiger partial charge in [0.2, 0.25) is 5.91 Å². The molecule has 0 bridgehead atoms. The second-order valence-electron chi connectivity index (χ2n) is 18.6. The van der Waals surface area contributed by atoms with E-state index in [0.29, 0.717) is 19.3 Å². The predicted octanol–water partition coefficient (Wildman–Crippen LogP) is 16.3. The molecule has 6 nitrogen and oxygen atoms in total. The molecule has 0 heterocycles. The average molecular weight is 860 g/mol. The maximum absolute atomic E-state index is 13.2. The molecule has 0 saturated carbocycles. The second kappa shape index (κ2) is 49.4. The Labute approximate surface area is 380 Å². The molecule has 0 spiro atoms. The summed E-state index contributed by atoms with van der Waals surface area (Å²) in [4.78, 5) is 26.1. The summed E-state index contributed by atoms with van der Waals surface area (Å²) in [5.74, 6) is -0.473. The van der Waals surface area contributed by atoms with Gasteiger partial charge in [-0.25, -0.2) is 0 Å². The number of aliphatic hydroxyl groups is 2. The minimum absolute atomic E-state index is 0.0734. The Balaban J connectivity index is 4.47. The van der Waals surface area contributed by atoms with Crippen LogP contribution < -0.4 is 5.32 Å². The number of unbranched alkanes of at least 4 members (excludes halogenated alkanes) is 33. The molecule has 0 aromatic heterocycles. The van der Waals surface area contributed by atoms with Crippen molar-refractivity contribution in [3.63, 3.8) is 0 Å². The quantitative estimate of drug-likeness (QED) is 0.0322. The number of ether oxygens (including phenoxy) is 1. The number of hydrogen-bond acceptors (Lipinski definition) is 5. The van der Waals surface area contributed by atoms with Crippen molar-refractivity contribution in [3.8, 4) is 0 Å². The standard InChI is InChI=1S/C55H105NO5/c1-4-7-10-13-16-19-22-25-26-27-28-30-32-35-38-41-44-47-53(58)52(50-57)56-54(59)49-51(46-43-40-37-34-31-24-21-18-15-12-9-6-3)61-55(60)48-45-42-39-36-33-29-23-20-17-14-11-8-5-2/h9,12,18,21,51-53,57-58H,4-8,10-11,13-17,19-20,22-50H2,1-3H3,(H,56,59)/b12-9+,21-18+. The zero-order valence-electron chi connectivity index (χ0n) is 41.1. The Morgan fingerprint density at radius 3 is 1.33 bits per heavy atom. The van der Waals surface area contributed by atoms with Crippen LogP contribution in [0.2, 0.25) is 0 Å². The molecule has 0 saturated heterocycles. The van der Waals surface area contributed by atoms with Crippen LogP contribution in [0.3, 0.4) is 0 Å². The van der Waals surface area contributed by atoms with Crippen LogP contribution in [0.5, 0.6) is 0 Å². The summed E-state index contributed by atoms with van der Waals surface area (Å²) in [5, 5.41) is 23.8. The maximum atomic E-state index is 13.2. The highest BCUT2D eigenvalue weighted by Crippen LogP contribution is 2.18. The second-order valence-corrected chi connectivity index (χ2v) is 18.6. The number of carbonyl (C=O) groups is 2. The number of rotatable bonds is 49. The van der Waals surface area contributed by atoms with Crippen LogP contribution >= 0.6 is 0 Å².